The van der Waals surface area contributed by atoms with E-state index in [4.69, 9.17) is 23.7 Å². The zero-order valence-corrected chi connectivity index (χ0v) is 14.3. The van der Waals surface area contributed by atoms with Gasteiger partial charge < -0.3 is 23.7 Å². The van der Waals surface area contributed by atoms with Gasteiger partial charge in [0.05, 0.1) is 59.4 Å². The Kier molecular flexibility index (Phi) is 20.0. The molecule has 0 spiro atoms. The summed E-state index contributed by atoms with van der Waals surface area (Å²) >= 11 is 0. The van der Waals surface area contributed by atoms with E-state index in [1.54, 1.807) is 6.21 Å². The van der Waals surface area contributed by atoms with Gasteiger partial charge >= 0.3 is 0 Å². The summed E-state index contributed by atoms with van der Waals surface area (Å²) in [7, 11) is 0. The van der Waals surface area contributed by atoms with Crippen molar-refractivity contribution in [1.29, 1.82) is 0 Å². The monoisotopic (exact) mass is 319 g/mol. The minimum absolute atomic E-state index is 0.509. The van der Waals surface area contributed by atoms with E-state index in [9.17, 15) is 0 Å². The van der Waals surface area contributed by atoms with Crippen molar-refractivity contribution in [3.05, 3.63) is 0 Å². The van der Waals surface area contributed by atoms with E-state index in [2.05, 4.69) is 18.8 Å². The zero-order chi connectivity index (χ0) is 16.1. The third-order valence-corrected chi connectivity index (χ3v) is 2.50. The van der Waals surface area contributed by atoms with Crippen molar-refractivity contribution in [2.45, 2.75) is 26.7 Å². The first-order chi connectivity index (χ1) is 10.9. The van der Waals surface area contributed by atoms with Gasteiger partial charge in [-0.1, -0.05) is 13.8 Å². The Balaban J connectivity index is 3.02. The summed E-state index contributed by atoms with van der Waals surface area (Å²) in [5.74, 6) is 0. The Morgan fingerprint density at radius 1 is 0.591 bits per heavy atom. The van der Waals surface area contributed by atoms with Crippen LogP contribution >= 0.6 is 0 Å². The normalized spacial score (nSPS) is 11.5. The molecule has 0 radical (unpaired) electrons. The van der Waals surface area contributed by atoms with Crippen molar-refractivity contribution < 1.29 is 23.7 Å². The average molecular weight is 319 g/mol. The Morgan fingerprint density at radius 3 is 1.59 bits per heavy atom. The van der Waals surface area contributed by atoms with Gasteiger partial charge in [0.25, 0.3) is 0 Å². The fraction of sp³-hybridized carbons (Fsp3) is 0.938. The van der Waals surface area contributed by atoms with Crippen LogP contribution in [0.3, 0.4) is 0 Å². The predicted octanol–water partition coefficient (Wildman–Crippen LogP) is 1.96. The fourth-order valence-corrected chi connectivity index (χ4v) is 1.45. The smallest absolute Gasteiger partial charge is 0.0815 e. The molecule has 0 unspecified atom stereocenters. The maximum atomic E-state index is 5.37. The molecule has 132 valence electrons. The molecule has 0 N–H and O–H groups in total. The van der Waals surface area contributed by atoms with Crippen LogP contribution in [-0.4, -0.2) is 78.8 Å². The summed E-state index contributed by atoms with van der Waals surface area (Å²) in [6, 6.07) is 0. The third-order valence-electron chi connectivity index (χ3n) is 2.50. The number of hydrogen-bond donors (Lipinski definition) is 0. The molecule has 0 aromatic carbocycles. The Bertz CT molecular complexity index is 227. The van der Waals surface area contributed by atoms with Crippen LogP contribution in [0.5, 0.6) is 0 Å². The number of nitrogens with zero attached hydrogens (tertiary/aromatic N) is 1. The van der Waals surface area contributed by atoms with Crippen LogP contribution < -0.4 is 0 Å². The molecular formula is C16H33NO5. The molecule has 0 aliphatic heterocycles. The molecule has 0 aliphatic rings. The molecule has 0 heterocycles. The standard InChI is InChI=1S/C16H33NO5/c1-3-7-18-11-13-20-9-5-17-6-10-21-14-16-22-15-12-19-8-4-2/h6H,3-5,7-16H2,1-2H3. The van der Waals surface area contributed by atoms with E-state index in [1.165, 1.54) is 0 Å². The Labute approximate surface area is 135 Å². The van der Waals surface area contributed by atoms with E-state index in [-0.39, 0.29) is 0 Å². The van der Waals surface area contributed by atoms with Crippen molar-refractivity contribution in [2.24, 2.45) is 4.99 Å². The molecule has 0 saturated carbocycles. The summed E-state index contributed by atoms with van der Waals surface area (Å²) in [5, 5.41) is 0. The van der Waals surface area contributed by atoms with Gasteiger partial charge in [0.2, 0.25) is 0 Å². The van der Waals surface area contributed by atoms with E-state index < -0.39 is 0 Å². The molecule has 0 amide bonds. The maximum Gasteiger partial charge on any atom is 0.0815 e. The number of ether oxygens (including phenoxy) is 5. The minimum atomic E-state index is 0.509. The quantitative estimate of drug-likeness (QED) is 0.285. The van der Waals surface area contributed by atoms with Crippen LogP contribution in [0.4, 0.5) is 0 Å². The lowest BCUT2D eigenvalue weighted by atomic mass is 10.5. The first-order valence-corrected chi connectivity index (χ1v) is 8.28. The van der Waals surface area contributed by atoms with Gasteiger partial charge in [-0.15, -0.1) is 0 Å². The summed E-state index contributed by atoms with van der Waals surface area (Å²) in [5.41, 5.74) is 0. The molecule has 6 heteroatoms. The van der Waals surface area contributed by atoms with Crippen molar-refractivity contribution in [1.82, 2.24) is 0 Å². The van der Waals surface area contributed by atoms with Crippen LogP contribution in [0.1, 0.15) is 26.7 Å². The van der Waals surface area contributed by atoms with Gasteiger partial charge in [0.1, 0.15) is 0 Å². The minimum Gasteiger partial charge on any atom is -0.379 e. The SMILES string of the molecule is CCCOCCOCCN=CCOCCOCCOCCC. The van der Waals surface area contributed by atoms with Crippen LogP contribution in [0.25, 0.3) is 0 Å². The first-order valence-electron chi connectivity index (χ1n) is 8.28. The Hall–Kier alpha value is -0.530. The van der Waals surface area contributed by atoms with Crippen molar-refractivity contribution in [3.8, 4) is 0 Å². The van der Waals surface area contributed by atoms with Gasteiger partial charge in [-0.3, -0.25) is 4.99 Å². The van der Waals surface area contributed by atoms with E-state index >= 15 is 0 Å². The van der Waals surface area contributed by atoms with Crippen LogP contribution in [-0.2, 0) is 23.7 Å². The maximum absolute atomic E-state index is 5.37. The number of rotatable bonds is 18. The number of aliphatic imine (C=N–C) groups is 1. The molecule has 0 aliphatic carbocycles. The lowest BCUT2D eigenvalue weighted by molar-refractivity contribution is 0.0215. The summed E-state index contributed by atoms with van der Waals surface area (Å²) in [4.78, 5) is 4.20. The third kappa shape index (κ3) is 19.5. The van der Waals surface area contributed by atoms with Gasteiger partial charge in [0, 0.05) is 19.4 Å². The highest BCUT2D eigenvalue weighted by Crippen LogP contribution is 1.84. The lowest BCUT2D eigenvalue weighted by Gasteiger charge is -2.05. The van der Waals surface area contributed by atoms with Crippen molar-refractivity contribution in [3.63, 3.8) is 0 Å². The van der Waals surface area contributed by atoms with Crippen molar-refractivity contribution in [2.75, 3.05) is 72.6 Å². The number of hydrogen-bond acceptors (Lipinski definition) is 6. The van der Waals surface area contributed by atoms with Gasteiger partial charge in [-0.25, -0.2) is 0 Å². The zero-order valence-electron chi connectivity index (χ0n) is 14.3. The van der Waals surface area contributed by atoms with Crippen LogP contribution in [0.15, 0.2) is 4.99 Å². The predicted molar refractivity (Wildman–Crippen MR) is 88.0 cm³/mol. The largest absolute Gasteiger partial charge is 0.379 e. The fourth-order valence-electron chi connectivity index (χ4n) is 1.45. The highest BCUT2D eigenvalue weighted by Gasteiger charge is 1.90. The summed E-state index contributed by atoms with van der Waals surface area (Å²) in [6.07, 6.45) is 3.85. The topological polar surface area (TPSA) is 58.5 Å². The highest BCUT2D eigenvalue weighted by molar-refractivity contribution is 5.58. The van der Waals surface area contributed by atoms with Gasteiger partial charge in [-0.05, 0) is 12.8 Å². The molecule has 0 saturated heterocycles. The van der Waals surface area contributed by atoms with Crippen LogP contribution in [0.2, 0.25) is 0 Å². The second-order valence-electron chi connectivity index (χ2n) is 4.61. The highest BCUT2D eigenvalue weighted by atomic mass is 16.5. The van der Waals surface area contributed by atoms with Gasteiger partial charge in [0.15, 0.2) is 0 Å². The molecule has 6 nitrogen and oxygen atoms in total. The second kappa shape index (κ2) is 20.5. The molecule has 0 aromatic rings. The van der Waals surface area contributed by atoms with E-state index in [1.807, 2.05) is 0 Å². The molecule has 22 heavy (non-hydrogen) atoms. The van der Waals surface area contributed by atoms with E-state index in [0.29, 0.717) is 59.4 Å². The van der Waals surface area contributed by atoms with Crippen LogP contribution in [0, 0.1) is 0 Å². The van der Waals surface area contributed by atoms with Crippen molar-refractivity contribution >= 4 is 6.21 Å². The molecule has 0 rings (SSSR count). The molecule has 0 atom stereocenters. The molecule has 0 fully saturated rings. The Morgan fingerprint density at radius 2 is 1.05 bits per heavy atom. The summed E-state index contributed by atoms with van der Waals surface area (Å²) in [6.45, 7) is 11.3. The second-order valence-corrected chi connectivity index (χ2v) is 4.61. The van der Waals surface area contributed by atoms with E-state index in [0.717, 1.165) is 26.1 Å². The lowest BCUT2D eigenvalue weighted by Crippen LogP contribution is -2.10. The molecule has 0 aromatic heterocycles. The average Bonchev–Trinajstić information content (AvgIpc) is 2.54. The molecule has 0 bridgehead atoms. The van der Waals surface area contributed by atoms with Gasteiger partial charge in [-0.2, -0.15) is 0 Å². The first kappa shape index (κ1) is 21.5. The molecular weight excluding hydrogens is 286 g/mol. The summed E-state index contributed by atoms with van der Waals surface area (Å²) < 4.78 is 26.7.